The van der Waals surface area contributed by atoms with Crippen molar-refractivity contribution in [3.05, 3.63) is 261 Å². The molecule has 18 rings (SSSR count). The number of nitrogens with zero attached hydrogens (tertiary/aromatic N) is 8. The van der Waals surface area contributed by atoms with Crippen LogP contribution in [0, 0.1) is 58.2 Å². The van der Waals surface area contributed by atoms with E-state index in [-0.39, 0.29) is 203 Å². The molecule has 0 radical (unpaired) electrons. The summed E-state index contributed by atoms with van der Waals surface area (Å²) in [7, 11) is 0. The number of rotatable bonds is 8. The van der Waals surface area contributed by atoms with Crippen LogP contribution in [0.25, 0.3) is 182 Å². The molecule has 16 bridgehead atoms. The Morgan fingerprint density at radius 3 is 0.408 bits per heavy atom. The van der Waals surface area contributed by atoms with Crippen molar-refractivity contribution >= 4 is 92.7 Å². The van der Waals surface area contributed by atoms with Crippen molar-refractivity contribution in [2.45, 2.75) is 0 Å². The van der Waals surface area contributed by atoms with Gasteiger partial charge in [0.1, 0.15) is 69.0 Å². The van der Waals surface area contributed by atoms with Crippen molar-refractivity contribution in [3.8, 4) is 158 Å². The van der Waals surface area contributed by atoms with Crippen LogP contribution in [0.2, 0.25) is 0 Å². The van der Waals surface area contributed by atoms with E-state index in [4.69, 9.17) is 19.9 Å². The number of halogens is 10. The van der Waals surface area contributed by atoms with Gasteiger partial charge in [0.2, 0.25) is 11.6 Å². The largest absolute Gasteiger partial charge is 2.00 e. The molecule has 6 aromatic heterocycles. The van der Waals surface area contributed by atoms with Crippen molar-refractivity contribution in [2.24, 2.45) is 0 Å². The molecule has 0 unspecified atom stereocenters. The number of phenolic OH excluding ortho intramolecular Hbond substituents is 12. The van der Waals surface area contributed by atoms with Crippen LogP contribution in [0.5, 0.6) is 69.0 Å². The van der Waals surface area contributed by atoms with Gasteiger partial charge in [0.25, 0.3) is 0 Å². The molecule has 14 aromatic rings. The number of benzene rings is 8. The van der Waals surface area contributed by atoms with Crippen molar-refractivity contribution in [1.82, 2.24) is 39.9 Å². The second kappa shape index (κ2) is 30.8. The summed E-state index contributed by atoms with van der Waals surface area (Å²) in [4.78, 5) is 37.3. The van der Waals surface area contributed by atoms with E-state index in [1.807, 2.05) is 0 Å². The van der Waals surface area contributed by atoms with Crippen LogP contribution in [0.4, 0.5) is 43.9 Å². The van der Waals surface area contributed by atoms with E-state index in [0.29, 0.717) is 0 Å². The quantitative estimate of drug-likeness (QED) is 0.0291. The van der Waals surface area contributed by atoms with E-state index in [0.717, 1.165) is 72.8 Å². The molecule has 0 aliphatic carbocycles. The Bertz CT molecular complexity index is 6490. The second-order valence-corrected chi connectivity index (χ2v) is 26.6. The van der Waals surface area contributed by atoms with E-state index in [9.17, 15) is 87.6 Å². The average Bonchev–Trinajstić information content (AvgIpc) is 1.59. The summed E-state index contributed by atoms with van der Waals surface area (Å²) < 4.78 is 152. The SMILES string of the molecule is Oc1cccc(O)c1-c1c2nc(c(-c3c(F)c(F)c(F)c(F)c3F)c3ccc([n-]3)c(-c3c(O)cccc3O)c3nc(c(-c4c(F)c(F)c(F)c(F)c4F)c4ccc1[n-]4)C=C3)C=C2.Oc1cccc(O)c1-c1c2nc(c(-c3c(O)cccc3O)c3ccc([n-]3)c(-c3c(O)cccc3O)c3nc(c(-c4c(O)cccc4O)c4ccc1[n-]4)C=C3)C=C2.[Fe+2].[Fe+2]. The third kappa shape index (κ3) is 13.2. The minimum absolute atomic E-state index is 0. The maximum Gasteiger partial charge on any atom is 2.00 e. The predicted molar refractivity (Wildman–Crippen MR) is 417 cm³/mol. The van der Waals surface area contributed by atoms with Gasteiger partial charge in [-0.1, -0.05) is 84.9 Å². The fourth-order valence-corrected chi connectivity index (χ4v) is 14.6. The Morgan fingerprint density at radius 2 is 0.275 bits per heavy atom. The van der Waals surface area contributed by atoms with E-state index >= 15 is 17.6 Å². The number of hydrogen-bond donors (Lipinski definition) is 12. The van der Waals surface area contributed by atoms with Crippen LogP contribution >= 0.6 is 0 Å². The zero-order valence-corrected chi connectivity index (χ0v) is 62.3. The Morgan fingerprint density at radius 1 is 0.158 bits per heavy atom. The van der Waals surface area contributed by atoms with Gasteiger partial charge in [-0.2, -0.15) is 0 Å². The molecule has 0 saturated carbocycles. The molecule has 10 heterocycles. The molecular formula is C88H46F10Fe2N8O12. The summed E-state index contributed by atoms with van der Waals surface area (Å²) in [6, 6.07) is 35.1. The van der Waals surface area contributed by atoms with Gasteiger partial charge in [0.05, 0.1) is 90.1 Å². The minimum atomic E-state index is -2.47. The molecule has 8 aromatic carbocycles. The molecule has 32 heteroatoms. The number of fused-ring (bicyclic) bond motifs is 16. The Labute approximate surface area is 687 Å². The van der Waals surface area contributed by atoms with E-state index < -0.39 is 137 Å². The molecule has 0 spiro atoms. The topological polar surface area (TPSA) is 351 Å². The van der Waals surface area contributed by atoms with Gasteiger partial charge < -0.3 is 81.2 Å². The molecule has 0 atom stereocenters. The van der Waals surface area contributed by atoms with Gasteiger partial charge >= 0.3 is 34.1 Å². The Hall–Kier alpha value is -15.1. The molecule has 120 heavy (non-hydrogen) atoms. The Balaban J connectivity index is 0.000000185. The minimum Gasteiger partial charge on any atom is -0.657 e. The van der Waals surface area contributed by atoms with Crippen LogP contribution in [-0.2, 0) is 34.1 Å². The van der Waals surface area contributed by atoms with Gasteiger partial charge in [-0.3, -0.25) is 0 Å². The predicted octanol–water partition coefficient (Wildman–Crippen LogP) is 19.0. The van der Waals surface area contributed by atoms with Crippen molar-refractivity contribution in [3.63, 3.8) is 0 Å². The molecule has 596 valence electrons. The van der Waals surface area contributed by atoms with E-state index in [1.54, 1.807) is 48.6 Å². The molecular weight excluding hydrogens is 1660 g/mol. The molecule has 12 N–H and O–H groups in total. The maximum absolute atomic E-state index is 15.8. The molecule has 0 saturated heterocycles. The zero-order chi connectivity index (χ0) is 82.9. The van der Waals surface area contributed by atoms with Gasteiger partial charge in [0.15, 0.2) is 46.5 Å². The summed E-state index contributed by atoms with van der Waals surface area (Å²) in [5, 5.41) is 134. The third-order valence-electron chi connectivity index (χ3n) is 19.8. The molecule has 0 amide bonds. The van der Waals surface area contributed by atoms with Crippen molar-refractivity contribution < 1.29 is 139 Å². The summed E-state index contributed by atoms with van der Waals surface area (Å²) >= 11 is 0. The van der Waals surface area contributed by atoms with Crippen LogP contribution < -0.4 is 19.9 Å². The number of hydrogen-bond acceptors (Lipinski definition) is 16. The number of phenols is 12. The first-order valence-electron chi connectivity index (χ1n) is 34.9. The smallest absolute Gasteiger partial charge is 0.657 e. The van der Waals surface area contributed by atoms with Crippen molar-refractivity contribution in [2.75, 3.05) is 0 Å². The van der Waals surface area contributed by atoms with Gasteiger partial charge in [0, 0.05) is 33.4 Å². The summed E-state index contributed by atoms with van der Waals surface area (Å²) in [5.41, 5.74) is -6.57. The maximum atomic E-state index is 15.8. The van der Waals surface area contributed by atoms with Crippen molar-refractivity contribution in [1.29, 1.82) is 0 Å². The summed E-state index contributed by atoms with van der Waals surface area (Å²) in [6.07, 6.45) is 10.9. The molecule has 4 aliphatic rings. The fraction of sp³-hybridized carbons (Fsp3) is 0. The zero-order valence-electron chi connectivity index (χ0n) is 60.1. The Kier molecular flexibility index (Phi) is 20.6. The van der Waals surface area contributed by atoms with Gasteiger partial charge in [-0.05, 0) is 133 Å². The molecule has 0 fully saturated rings. The normalized spacial score (nSPS) is 11.9. The van der Waals surface area contributed by atoms with E-state index in [2.05, 4.69) is 19.9 Å². The van der Waals surface area contributed by atoms with Crippen LogP contribution in [0.3, 0.4) is 0 Å². The average molecular weight is 1710 g/mol. The van der Waals surface area contributed by atoms with Crippen LogP contribution in [0.1, 0.15) is 45.6 Å². The number of aromatic hydroxyl groups is 12. The molecule has 4 aliphatic heterocycles. The number of aromatic nitrogens is 8. The van der Waals surface area contributed by atoms with E-state index in [1.165, 1.54) is 84.9 Å². The second-order valence-electron chi connectivity index (χ2n) is 26.6. The molecule has 20 nitrogen and oxygen atoms in total. The first-order chi connectivity index (χ1) is 56.7. The standard InChI is InChI=1S/C44H18F10N4O4.C44H28N4O8.2Fe/c45-35-33(36(46)40(50)43(53)39(35)49)29-19-11-7-15(55-19)27(31-23(59)3-1-4-24(31)60)16-8-12-20(56-16)30(34-37(47)41(51)44(54)42(52)38(34)48)22-14-10-18(58-22)28(17-9-13-21(29)57-17)32-25(61)5-2-6-26(32)62;49-29-5-1-6-30(50)41(29)37-21-13-15-23(45-21)38(42-31(51)7-2-8-32(42)52)25-17-19-27(47-25)40(44-35(55)11-4-12-36(44)56)28-20-18-26(48-28)39(24-16-14-22(37)46-24)43-33(53)9-3-10-34(43)54;;/h1-14H,(H4-2,55,56,57,58,59,60,61,62);1-20H,(H8-2,45,46,47,48,49,50,51,52,53,54,55,56);;/q2*-2;2*+2. The van der Waals surface area contributed by atoms with Gasteiger partial charge in [-0.15, -0.1) is 44.1 Å². The van der Waals surface area contributed by atoms with Gasteiger partial charge in [-0.25, -0.2) is 63.8 Å². The van der Waals surface area contributed by atoms with Crippen LogP contribution in [-0.4, -0.2) is 81.2 Å². The fourth-order valence-electron chi connectivity index (χ4n) is 14.6. The third-order valence-corrected chi connectivity index (χ3v) is 19.8. The van der Waals surface area contributed by atoms with Crippen LogP contribution in [0.15, 0.2) is 158 Å². The monoisotopic (exact) mass is 1710 g/mol. The first kappa shape index (κ1) is 80.1. The summed E-state index contributed by atoms with van der Waals surface area (Å²) in [6.45, 7) is 0. The first-order valence-corrected chi connectivity index (χ1v) is 34.9. The summed E-state index contributed by atoms with van der Waals surface area (Å²) in [5.74, 6) is -28.0.